The van der Waals surface area contributed by atoms with E-state index in [0.717, 1.165) is 31.7 Å². The number of amidine groups is 1. The summed E-state index contributed by atoms with van der Waals surface area (Å²) in [4.78, 5) is 46.6. The van der Waals surface area contributed by atoms with Gasteiger partial charge in [0.05, 0.1) is 13.1 Å². The summed E-state index contributed by atoms with van der Waals surface area (Å²) in [6.07, 6.45) is -1.52. The largest absolute Gasteiger partial charge is 0.460 e. The Morgan fingerprint density at radius 1 is 0.881 bits per heavy atom. The van der Waals surface area contributed by atoms with Crippen molar-refractivity contribution in [2.75, 3.05) is 50.7 Å². The van der Waals surface area contributed by atoms with E-state index in [1.54, 1.807) is 53.4 Å². The van der Waals surface area contributed by atoms with Gasteiger partial charge in [-0.05, 0) is 42.0 Å². The van der Waals surface area contributed by atoms with E-state index >= 15 is 0 Å². The van der Waals surface area contributed by atoms with Gasteiger partial charge in [-0.1, -0.05) is 48.5 Å². The molecule has 2 saturated heterocycles. The first kappa shape index (κ1) is 28.8. The van der Waals surface area contributed by atoms with Gasteiger partial charge >= 0.3 is 18.2 Å². The van der Waals surface area contributed by atoms with Crippen LogP contribution >= 0.6 is 0 Å². The Bertz CT molecular complexity index is 1390. The van der Waals surface area contributed by atoms with E-state index in [4.69, 9.17) is 19.9 Å². The molecule has 2 N–H and O–H groups in total. The van der Waals surface area contributed by atoms with E-state index in [1.165, 1.54) is 0 Å². The standard InChI is InChI=1S/C31H33N5O6/c32-29(33-30(38)41-26-9-5-2-6-10-26)24-11-13-25(14-12-24)36-20-27(42-31(36)39)19-34-15-17-35(18-16-34)21-28(37)40-22-23-7-3-1-4-8-23/h1-14,27H,15-22H2,(H2,32,33,38). The lowest BCUT2D eigenvalue weighted by Crippen LogP contribution is -2.50. The lowest BCUT2D eigenvalue weighted by Gasteiger charge is -2.34. The molecule has 2 amide bonds. The van der Waals surface area contributed by atoms with E-state index in [-0.39, 0.29) is 31.1 Å². The number of cyclic esters (lactones) is 1. The topological polar surface area (TPSA) is 127 Å². The zero-order valence-corrected chi connectivity index (χ0v) is 23.1. The molecule has 11 nitrogen and oxygen atoms in total. The number of esters is 1. The van der Waals surface area contributed by atoms with Gasteiger partial charge in [0, 0.05) is 44.0 Å². The van der Waals surface area contributed by atoms with Crippen molar-refractivity contribution < 1.29 is 28.6 Å². The molecule has 11 heteroatoms. The minimum Gasteiger partial charge on any atom is -0.460 e. The third kappa shape index (κ3) is 7.93. The SMILES string of the molecule is N/C(=N/C(=O)Oc1ccccc1)c1ccc(N2CC(CN3CCN(CC(=O)OCc4ccccc4)CC3)OC2=O)cc1. The maximum absolute atomic E-state index is 12.6. The van der Waals surface area contributed by atoms with Crippen LogP contribution in [0.5, 0.6) is 5.75 Å². The Balaban J connectivity index is 1.05. The lowest BCUT2D eigenvalue weighted by molar-refractivity contribution is -0.146. The number of benzene rings is 3. The minimum absolute atomic E-state index is 0.00737. The highest BCUT2D eigenvalue weighted by molar-refractivity contribution is 6.03. The highest BCUT2D eigenvalue weighted by atomic mass is 16.6. The summed E-state index contributed by atoms with van der Waals surface area (Å²) in [5.74, 6) is 0.143. The average Bonchev–Trinajstić information content (AvgIpc) is 3.37. The maximum Gasteiger partial charge on any atom is 0.441 e. The first-order chi connectivity index (χ1) is 20.4. The van der Waals surface area contributed by atoms with Crippen LogP contribution in [0, 0.1) is 0 Å². The Kier molecular flexibility index (Phi) is 9.42. The molecule has 0 saturated carbocycles. The third-order valence-corrected chi connectivity index (χ3v) is 7.03. The number of carbonyl (C=O) groups excluding carboxylic acids is 3. The Morgan fingerprint density at radius 2 is 1.52 bits per heavy atom. The van der Waals surface area contributed by atoms with Gasteiger partial charge in [-0.25, -0.2) is 9.59 Å². The summed E-state index contributed by atoms with van der Waals surface area (Å²) in [6, 6.07) is 25.1. The summed E-state index contributed by atoms with van der Waals surface area (Å²) in [6.45, 7) is 4.54. The summed E-state index contributed by atoms with van der Waals surface area (Å²) in [5.41, 5.74) is 8.14. The molecular formula is C31H33N5O6. The number of nitrogens with two attached hydrogens (primary N) is 1. The predicted molar refractivity (Wildman–Crippen MR) is 156 cm³/mol. The van der Waals surface area contributed by atoms with E-state index in [9.17, 15) is 14.4 Å². The fourth-order valence-corrected chi connectivity index (χ4v) is 4.80. The summed E-state index contributed by atoms with van der Waals surface area (Å²) >= 11 is 0. The molecule has 0 aromatic heterocycles. The van der Waals surface area contributed by atoms with Crippen molar-refractivity contribution in [1.29, 1.82) is 0 Å². The van der Waals surface area contributed by atoms with Crippen molar-refractivity contribution in [3.8, 4) is 5.75 Å². The first-order valence-corrected chi connectivity index (χ1v) is 13.8. The smallest absolute Gasteiger partial charge is 0.441 e. The van der Waals surface area contributed by atoms with Crippen LogP contribution in [0.15, 0.2) is 89.9 Å². The molecule has 1 unspecified atom stereocenters. The molecule has 2 aliphatic rings. The quantitative estimate of drug-likeness (QED) is 0.234. The van der Waals surface area contributed by atoms with Crippen LogP contribution in [0.25, 0.3) is 0 Å². The van der Waals surface area contributed by atoms with Crippen LogP contribution in [0.4, 0.5) is 15.3 Å². The Hall–Kier alpha value is -4.74. The molecule has 42 heavy (non-hydrogen) atoms. The summed E-state index contributed by atoms with van der Waals surface area (Å²) < 4.78 is 16.2. The van der Waals surface area contributed by atoms with Gasteiger partial charge < -0.3 is 19.9 Å². The van der Waals surface area contributed by atoms with Crippen molar-refractivity contribution in [1.82, 2.24) is 9.80 Å². The van der Waals surface area contributed by atoms with Crippen molar-refractivity contribution in [3.05, 3.63) is 96.1 Å². The van der Waals surface area contributed by atoms with Crippen LogP contribution in [-0.2, 0) is 20.9 Å². The van der Waals surface area contributed by atoms with Crippen LogP contribution in [0.2, 0.25) is 0 Å². The molecule has 5 rings (SSSR count). The number of hydrogen-bond acceptors (Lipinski definition) is 8. The maximum atomic E-state index is 12.6. The van der Waals surface area contributed by atoms with Crippen molar-refractivity contribution >= 4 is 29.7 Å². The molecule has 0 spiro atoms. The van der Waals surface area contributed by atoms with Crippen LogP contribution < -0.4 is 15.4 Å². The van der Waals surface area contributed by atoms with E-state index in [0.29, 0.717) is 30.1 Å². The number of hydrogen-bond donors (Lipinski definition) is 1. The van der Waals surface area contributed by atoms with Gasteiger partial charge in [0.25, 0.3) is 0 Å². The number of anilines is 1. The van der Waals surface area contributed by atoms with E-state index in [1.807, 2.05) is 36.4 Å². The zero-order valence-electron chi connectivity index (χ0n) is 23.1. The molecule has 3 aromatic carbocycles. The predicted octanol–water partition coefficient (Wildman–Crippen LogP) is 3.28. The Labute approximate surface area is 244 Å². The molecule has 218 valence electrons. The van der Waals surface area contributed by atoms with Gasteiger partial charge in [-0.3, -0.25) is 19.5 Å². The molecule has 3 aromatic rings. The number of carbonyl (C=O) groups is 3. The average molecular weight is 572 g/mol. The number of aliphatic imine (C=N–C) groups is 1. The molecule has 2 heterocycles. The normalized spacial score (nSPS) is 18.0. The molecule has 0 radical (unpaired) electrons. The molecule has 0 bridgehead atoms. The lowest BCUT2D eigenvalue weighted by atomic mass is 10.1. The van der Waals surface area contributed by atoms with Gasteiger partial charge in [0.2, 0.25) is 0 Å². The van der Waals surface area contributed by atoms with Gasteiger partial charge in [-0.2, -0.15) is 4.99 Å². The second kappa shape index (κ2) is 13.7. The molecule has 2 aliphatic heterocycles. The van der Waals surface area contributed by atoms with Crippen LogP contribution in [0.1, 0.15) is 11.1 Å². The first-order valence-electron chi connectivity index (χ1n) is 13.8. The monoisotopic (exact) mass is 571 g/mol. The number of rotatable bonds is 9. The number of piperazine rings is 1. The number of amides is 2. The van der Waals surface area contributed by atoms with E-state index < -0.39 is 12.2 Å². The van der Waals surface area contributed by atoms with Gasteiger partial charge in [-0.15, -0.1) is 0 Å². The zero-order chi connectivity index (χ0) is 29.3. The fraction of sp³-hybridized carbons (Fsp3) is 0.290. The molecule has 0 aliphatic carbocycles. The summed E-state index contributed by atoms with van der Waals surface area (Å²) in [7, 11) is 0. The molecule has 1 atom stereocenters. The summed E-state index contributed by atoms with van der Waals surface area (Å²) in [5, 5.41) is 0. The molecule has 2 fully saturated rings. The second-order valence-corrected chi connectivity index (χ2v) is 10.1. The Morgan fingerprint density at radius 3 is 2.21 bits per heavy atom. The highest BCUT2D eigenvalue weighted by Crippen LogP contribution is 2.23. The number of nitrogens with zero attached hydrogens (tertiary/aromatic N) is 4. The third-order valence-electron chi connectivity index (χ3n) is 7.03. The van der Waals surface area contributed by atoms with Crippen molar-refractivity contribution in [3.63, 3.8) is 0 Å². The number of ether oxygens (including phenoxy) is 3. The minimum atomic E-state index is -0.822. The van der Waals surface area contributed by atoms with Gasteiger partial charge in [0.1, 0.15) is 24.3 Å². The van der Waals surface area contributed by atoms with Crippen LogP contribution in [-0.4, -0.2) is 85.7 Å². The number of para-hydroxylation sites is 1. The second-order valence-electron chi connectivity index (χ2n) is 10.1. The van der Waals surface area contributed by atoms with Gasteiger partial charge in [0.15, 0.2) is 0 Å². The van der Waals surface area contributed by atoms with Crippen molar-refractivity contribution in [2.45, 2.75) is 12.7 Å². The van der Waals surface area contributed by atoms with Crippen molar-refractivity contribution in [2.24, 2.45) is 10.7 Å². The van der Waals surface area contributed by atoms with E-state index in [2.05, 4.69) is 14.8 Å². The molecular weight excluding hydrogens is 538 g/mol. The highest BCUT2D eigenvalue weighted by Gasteiger charge is 2.34. The van der Waals surface area contributed by atoms with Crippen LogP contribution in [0.3, 0.4) is 0 Å². The fourth-order valence-electron chi connectivity index (χ4n) is 4.80.